The summed E-state index contributed by atoms with van der Waals surface area (Å²) in [6.45, 7) is 0. The van der Waals surface area contributed by atoms with E-state index in [-0.39, 0.29) is 5.69 Å². The maximum absolute atomic E-state index is 10.8. The molecule has 120 valence electrons. The van der Waals surface area contributed by atoms with Crippen LogP contribution in [-0.4, -0.2) is 22.0 Å². The van der Waals surface area contributed by atoms with Gasteiger partial charge < -0.3 is 10.1 Å². The molecule has 2 aromatic carbocycles. The Morgan fingerprint density at radius 1 is 1.12 bits per heavy atom. The van der Waals surface area contributed by atoms with E-state index in [0.29, 0.717) is 11.6 Å². The van der Waals surface area contributed by atoms with Crippen LogP contribution in [0.2, 0.25) is 0 Å². The highest BCUT2D eigenvalue weighted by molar-refractivity contribution is 5.63. The summed E-state index contributed by atoms with van der Waals surface area (Å²) in [7, 11) is 1.61. The second-order valence-electron chi connectivity index (χ2n) is 4.93. The molecule has 3 rings (SSSR count). The first-order chi connectivity index (χ1) is 11.7. The summed E-state index contributed by atoms with van der Waals surface area (Å²) in [4.78, 5) is 19.0. The van der Waals surface area contributed by atoms with E-state index >= 15 is 0 Å². The van der Waals surface area contributed by atoms with Crippen molar-refractivity contribution in [3.05, 3.63) is 70.9 Å². The van der Waals surface area contributed by atoms with Crippen molar-refractivity contribution in [1.29, 1.82) is 0 Å². The van der Waals surface area contributed by atoms with Crippen molar-refractivity contribution >= 4 is 17.3 Å². The molecule has 0 unspecified atom stereocenters. The molecule has 7 heteroatoms. The van der Waals surface area contributed by atoms with E-state index < -0.39 is 4.92 Å². The quantitative estimate of drug-likeness (QED) is 0.567. The molecule has 1 heterocycles. The van der Waals surface area contributed by atoms with E-state index in [1.165, 1.54) is 12.1 Å². The van der Waals surface area contributed by atoms with E-state index in [9.17, 15) is 10.1 Å². The van der Waals surface area contributed by atoms with Crippen LogP contribution in [0, 0.1) is 10.1 Å². The van der Waals surface area contributed by atoms with E-state index in [4.69, 9.17) is 4.74 Å². The minimum Gasteiger partial charge on any atom is -0.497 e. The summed E-state index contributed by atoms with van der Waals surface area (Å²) in [6.07, 6.45) is 1.63. The van der Waals surface area contributed by atoms with Gasteiger partial charge in [-0.1, -0.05) is 6.07 Å². The Balaban J connectivity index is 1.85. The third-order valence-corrected chi connectivity index (χ3v) is 3.35. The molecule has 0 aliphatic rings. The summed E-state index contributed by atoms with van der Waals surface area (Å²) >= 11 is 0. The molecular formula is C17H14N4O3. The van der Waals surface area contributed by atoms with Crippen LogP contribution < -0.4 is 10.1 Å². The second kappa shape index (κ2) is 6.74. The van der Waals surface area contributed by atoms with E-state index in [2.05, 4.69) is 15.3 Å². The van der Waals surface area contributed by atoms with Crippen molar-refractivity contribution < 1.29 is 9.66 Å². The molecule has 0 fully saturated rings. The summed E-state index contributed by atoms with van der Waals surface area (Å²) in [5, 5.41) is 13.8. The number of nitrogens with one attached hydrogen (secondary N) is 1. The molecule has 0 spiro atoms. The molecule has 24 heavy (non-hydrogen) atoms. The van der Waals surface area contributed by atoms with Crippen molar-refractivity contribution in [3.63, 3.8) is 0 Å². The van der Waals surface area contributed by atoms with Crippen molar-refractivity contribution in [3.8, 4) is 17.0 Å². The predicted molar refractivity (Wildman–Crippen MR) is 90.4 cm³/mol. The highest BCUT2D eigenvalue weighted by Crippen LogP contribution is 2.23. The molecule has 0 aliphatic carbocycles. The molecule has 1 aromatic heterocycles. The summed E-state index contributed by atoms with van der Waals surface area (Å²) in [6, 6.07) is 15.5. The van der Waals surface area contributed by atoms with Gasteiger partial charge in [-0.3, -0.25) is 10.1 Å². The number of nitrogens with zero attached hydrogens (tertiary/aromatic N) is 3. The van der Waals surface area contributed by atoms with Gasteiger partial charge in [0.05, 0.1) is 17.7 Å². The molecule has 0 aliphatic heterocycles. The van der Waals surface area contributed by atoms with Gasteiger partial charge in [0, 0.05) is 29.6 Å². The van der Waals surface area contributed by atoms with Gasteiger partial charge in [0.2, 0.25) is 5.95 Å². The number of aromatic nitrogens is 2. The van der Waals surface area contributed by atoms with Crippen LogP contribution in [0.25, 0.3) is 11.3 Å². The number of non-ortho nitro benzene ring substituents is 1. The van der Waals surface area contributed by atoms with Crippen molar-refractivity contribution in [1.82, 2.24) is 9.97 Å². The van der Waals surface area contributed by atoms with Crippen LogP contribution in [0.3, 0.4) is 0 Å². The largest absolute Gasteiger partial charge is 0.497 e. The lowest BCUT2D eigenvalue weighted by atomic mass is 10.1. The number of benzene rings is 2. The fraction of sp³-hybridized carbons (Fsp3) is 0.0588. The van der Waals surface area contributed by atoms with E-state index in [1.807, 2.05) is 24.3 Å². The zero-order chi connectivity index (χ0) is 16.9. The zero-order valence-corrected chi connectivity index (χ0v) is 12.8. The fourth-order valence-electron chi connectivity index (χ4n) is 2.17. The Morgan fingerprint density at radius 3 is 2.62 bits per heavy atom. The van der Waals surface area contributed by atoms with Gasteiger partial charge in [0.15, 0.2) is 0 Å². The third kappa shape index (κ3) is 3.46. The van der Waals surface area contributed by atoms with Gasteiger partial charge in [-0.15, -0.1) is 0 Å². The van der Waals surface area contributed by atoms with Gasteiger partial charge >= 0.3 is 0 Å². The monoisotopic (exact) mass is 322 g/mol. The Kier molecular flexibility index (Phi) is 4.33. The smallest absolute Gasteiger partial charge is 0.271 e. The lowest BCUT2D eigenvalue weighted by Crippen LogP contribution is -1.98. The summed E-state index contributed by atoms with van der Waals surface area (Å²) in [5.74, 6) is 1.13. The fourth-order valence-corrected chi connectivity index (χ4v) is 2.17. The minimum absolute atomic E-state index is 0.00584. The van der Waals surface area contributed by atoms with Gasteiger partial charge in [0.1, 0.15) is 5.75 Å². The summed E-state index contributed by atoms with van der Waals surface area (Å²) in [5.41, 5.74) is 2.21. The first-order valence-corrected chi connectivity index (χ1v) is 7.14. The van der Waals surface area contributed by atoms with Crippen molar-refractivity contribution in [2.75, 3.05) is 12.4 Å². The van der Waals surface area contributed by atoms with Crippen LogP contribution in [0.15, 0.2) is 60.8 Å². The maximum atomic E-state index is 10.8. The van der Waals surface area contributed by atoms with E-state index in [0.717, 1.165) is 17.0 Å². The Hall–Kier alpha value is -3.48. The average molecular weight is 322 g/mol. The molecular weight excluding hydrogens is 308 g/mol. The highest BCUT2D eigenvalue weighted by Gasteiger charge is 2.07. The number of hydrogen-bond acceptors (Lipinski definition) is 6. The number of hydrogen-bond donors (Lipinski definition) is 1. The van der Waals surface area contributed by atoms with Crippen molar-refractivity contribution in [2.24, 2.45) is 0 Å². The molecule has 1 N–H and O–H groups in total. The molecule has 3 aromatic rings. The van der Waals surface area contributed by atoms with Crippen LogP contribution in [0.1, 0.15) is 0 Å². The number of ether oxygens (including phenoxy) is 1. The van der Waals surface area contributed by atoms with Gasteiger partial charge in [0.25, 0.3) is 5.69 Å². The molecule has 7 nitrogen and oxygen atoms in total. The Morgan fingerprint density at radius 2 is 1.92 bits per heavy atom. The number of anilines is 2. The average Bonchev–Trinajstić information content (AvgIpc) is 2.62. The third-order valence-electron chi connectivity index (χ3n) is 3.35. The van der Waals surface area contributed by atoms with Crippen LogP contribution in [0.5, 0.6) is 5.75 Å². The topological polar surface area (TPSA) is 90.2 Å². The molecule has 0 saturated heterocycles. The number of nitro benzene ring substituents is 1. The highest BCUT2D eigenvalue weighted by atomic mass is 16.6. The predicted octanol–water partition coefficient (Wildman–Crippen LogP) is 3.80. The summed E-state index contributed by atoms with van der Waals surface area (Å²) < 4.78 is 5.14. The molecule has 0 radical (unpaired) electrons. The molecule has 0 amide bonds. The molecule has 0 bridgehead atoms. The Bertz CT molecular complexity index is 866. The number of nitro groups is 1. The van der Waals surface area contributed by atoms with Crippen LogP contribution >= 0.6 is 0 Å². The molecule has 0 saturated carbocycles. The number of rotatable bonds is 5. The van der Waals surface area contributed by atoms with Gasteiger partial charge in [-0.05, 0) is 36.4 Å². The van der Waals surface area contributed by atoms with Gasteiger partial charge in [-0.2, -0.15) is 0 Å². The number of methoxy groups -OCH3 is 1. The van der Waals surface area contributed by atoms with Gasteiger partial charge in [-0.25, -0.2) is 9.97 Å². The van der Waals surface area contributed by atoms with Crippen LogP contribution in [-0.2, 0) is 0 Å². The lowest BCUT2D eigenvalue weighted by molar-refractivity contribution is -0.384. The normalized spacial score (nSPS) is 10.2. The SMILES string of the molecule is COc1ccc(-c2ccnc(Nc3cccc([N+](=O)[O-])c3)n2)cc1. The Labute approximate surface area is 138 Å². The first kappa shape index (κ1) is 15.4. The minimum atomic E-state index is -0.445. The second-order valence-corrected chi connectivity index (χ2v) is 4.93. The zero-order valence-electron chi connectivity index (χ0n) is 12.8. The first-order valence-electron chi connectivity index (χ1n) is 7.14. The molecule has 0 atom stereocenters. The van der Waals surface area contributed by atoms with E-state index in [1.54, 1.807) is 31.5 Å². The maximum Gasteiger partial charge on any atom is 0.271 e. The van der Waals surface area contributed by atoms with Crippen molar-refractivity contribution in [2.45, 2.75) is 0 Å². The van der Waals surface area contributed by atoms with Crippen LogP contribution in [0.4, 0.5) is 17.3 Å². The lowest BCUT2D eigenvalue weighted by Gasteiger charge is -2.07. The standard InChI is InChI=1S/C17H14N4O3/c1-24-15-7-5-12(6-8-15)16-9-10-18-17(20-16)19-13-3-2-4-14(11-13)21(22)23/h2-11H,1H3,(H,18,19,20).